The minimum absolute atomic E-state index is 0.483. The lowest BCUT2D eigenvalue weighted by atomic mass is 9.70. The van der Waals surface area contributed by atoms with Crippen molar-refractivity contribution in [2.75, 3.05) is 4.90 Å². The Kier molecular flexibility index (Phi) is 6.88. The first-order chi connectivity index (χ1) is 28.3. The minimum Gasteiger partial charge on any atom is -0.456 e. The molecule has 0 fully saturated rings. The van der Waals surface area contributed by atoms with Crippen molar-refractivity contribution in [3.05, 3.63) is 235 Å². The molecule has 9 aromatic carbocycles. The molecule has 1 aromatic heterocycles. The van der Waals surface area contributed by atoms with E-state index in [0.717, 1.165) is 39.0 Å². The quantitative estimate of drug-likeness (QED) is 0.176. The summed E-state index contributed by atoms with van der Waals surface area (Å²) >= 11 is 0. The number of rotatable bonds is 5. The first-order valence-electron chi connectivity index (χ1n) is 19.7. The molecule has 0 saturated carbocycles. The molecule has 10 aromatic rings. The summed E-state index contributed by atoms with van der Waals surface area (Å²) in [4.78, 5) is 2.39. The van der Waals surface area contributed by atoms with E-state index in [4.69, 9.17) is 4.42 Å². The van der Waals surface area contributed by atoms with Crippen LogP contribution in [0.25, 0.3) is 66.4 Å². The summed E-state index contributed by atoms with van der Waals surface area (Å²) in [5.74, 6) is 0. The highest BCUT2D eigenvalue weighted by Gasteiger charge is 2.52. The first kappa shape index (κ1) is 31.9. The van der Waals surface area contributed by atoms with Crippen LogP contribution in [0.15, 0.2) is 217 Å². The molecule has 1 atom stereocenters. The second-order valence-corrected chi connectivity index (χ2v) is 15.2. The third-order valence-corrected chi connectivity index (χ3v) is 12.3. The molecule has 0 radical (unpaired) electrons. The van der Waals surface area contributed by atoms with Gasteiger partial charge in [0.15, 0.2) is 0 Å². The molecular formula is C55H35NO. The van der Waals surface area contributed by atoms with Crippen molar-refractivity contribution in [1.82, 2.24) is 0 Å². The number of anilines is 3. The van der Waals surface area contributed by atoms with Gasteiger partial charge in [0, 0.05) is 27.8 Å². The number of fused-ring (bicyclic) bond motifs is 13. The molecule has 12 rings (SSSR count). The van der Waals surface area contributed by atoms with Crippen LogP contribution in [-0.2, 0) is 5.41 Å². The molecule has 0 amide bonds. The Morgan fingerprint density at radius 1 is 0.298 bits per heavy atom. The fourth-order valence-electron chi connectivity index (χ4n) is 9.80. The number of hydrogen-bond donors (Lipinski definition) is 0. The van der Waals surface area contributed by atoms with Crippen molar-refractivity contribution in [2.24, 2.45) is 0 Å². The van der Waals surface area contributed by atoms with Crippen molar-refractivity contribution in [2.45, 2.75) is 5.41 Å². The van der Waals surface area contributed by atoms with Gasteiger partial charge in [0.05, 0.1) is 5.41 Å². The standard InChI is InChI=1S/C55H35NO/c1-3-13-36(14-4-1)38-23-27-40(28-24-38)56(41-29-25-39(26-30-41)37-15-5-2-6-16-37)42-31-32-51-46(33-42)43-17-7-10-20-49(43)55(51)50-21-11-8-18-44(50)47-34-48-45-19-9-12-22-53(45)57-54(48)35-52(47)55/h1-35H. The third-order valence-electron chi connectivity index (χ3n) is 12.3. The monoisotopic (exact) mass is 725 g/mol. The van der Waals surface area contributed by atoms with Gasteiger partial charge in [-0.15, -0.1) is 0 Å². The molecule has 0 bridgehead atoms. The molecule has 1 heterocycles. The lowest BCUT2D eigenvalue weighted by molar-refractivity contribution is 0.666. The van der Waals surface area contributed by atoms with E-state index in [1.54, 1.807) is 0 Å². The predicted octanol–water partition coefficient (Wildman–Crippen LogP) is 14.7. The van der Waals surface area contributed by atoms with Crippen LogP contribution < -0.4 is 4.90 Å². The zero-order valence-electron chi connectivity index (χ0n) is 31.1. The Morgan fingerprint density at radius 2 is 0.772 bits per heavy atom. The van der Waals surface area contributed by atoms with Crippen LogP contribution in [0, 0.1) is 0 Å². The Bertz CT molecular complexity index is 3080. The zero-order valence-corrected chi connectivity index (χ0v) is 31.1. The smallest absolute Gasteiger partial charge is 0.135 e. The Hall–Kier alpha value is -7.42. The van der Waals surface area contributed by atoms with Crippen LogP contribution in [0.4, 0.5) is 17.1 Å². The van der Waals surface area contributed by atoms with Gasteiger partial charge in [-0.2, -0.15) is 0 Å². The molecule has 266 valence electrons. The second kappa shape index (κ2) is 12.3. The fourth-order valence-corrected chi connectivity index (χ4v) is 9.80. The molecule has 2 heteroatoms. The average Bonchev–Trinajstić information content (AvgIpc) is 3.90. The summed E-state index contributed by atoms with van der Waals surface area (Å²) in [6.07, 6.45) is 0. The fraction of sp³-hybridized carbons (Fsp3) is 0.0182. The van der Waals surface area contributed by atoms with Gasteiger partial charge in [-0.05, 0) is 121 Å². The third kappa shape index (κ3) is 4.65. The maximum atomic E-state index is 6.57. The largest absolute Gasteiger partial charge is 0.456 e. The average molecular weight is 726 g/mol. The first-order valence-corrected chi connectivity index (χ1v) is 19.7. The van der Waals surface area contributed by atoms with E-state index in [2.05, 4.69) is 217 Å². The molecule has 1 spiro atoms. The van der Waals surface area contributed by atoms with Gasteiger partial charge in [0.1, 0.15) is 11.2 Å². The van der Waals surface area contributed by atoms with Crippen molar-refractivity contribution >= 4 is 39.0 Å². The Labute approximate surface area is 331 Å². The molecular weight excluding hydrogens is 691 g/mol. The van der Waals surface area contributed by atoms with E-state index in [0.29, 0.717) is 0 Å². The van der Waals surface area contributed by atoms with E-state index in [1.807, 2.05) is 0 Å². The highest BCUT2D eigenvalue weighted by molar-refractivity contribution is 6.09. The summed E-state index contributed by atoms with van der Waals surface area (Å²) in [6, 6.07) is 77.4. The maximum absolute atomic E-state index is 6.57. The molecule has 0 aliphatic heterocycles. The topological polar surface area (TPSA) is 16.4 Å². The predicted molar refractivity (Wildman–Crippen MR) is 236 cm³/mol. The van der Waals surface area contributed by atoms with E-state index >= 15 is 0 Å². The summed E-state index contributed by atoms with van der Waals surface area (Å²) in [7, 11) is 0. The summed E-state index contributed by atoms with van der Waals surface area (Å²) in [5.41, 5.74) is 19.8. The zero-order chi connectivity index (χ0) is 37.5. The van der Waals surface area contributed by atoms with Crippen molar-refractivity contribution < 1.29 is 4.42 Å². The number of hydrogen-bond acceptors (Lipinski definition) is 2. The highest BCUT2D eigenvalue weighted by atomic mass is 16.3. The van der Waals surface area contributed by atoms with Gasteiger partial charge < -0.3 is 9.32 Å². The summed E-state index contributed by atoms with van der Waals surface area (Å²) in [6.45, 7) is 0. The van der Waals surface area contributed by atoms with Crippen LogP contribution in [0.1, 0.15) is 22.3 Å². The second-order valence-electron chi connectivity index (χ2n) is 15.2. The Morgan fingerprint density at radius 3 is 1.39 bits per heavy atom. The summed E-state index contributed by atoms with van der Waals surface area (Å²) < 4.78 is 6.57. The van der Waals surface area contributed by atoms with Crippen molar-refractivity contribution in [3.63, 3.8) is 0 Å². The van der Waals surface area contributed by atoms with Crippen LogP contribution >= 0.6 is 0 Å². The van der Waals surface area contributed by atoms with Crippen molar-refractivity contribution in [1.29, 1.82) is 0 Å². The van der Waals surface area contributed by atoms with Gasteiger partial charge in [-0.1, -0.05) is 158 Å². The number of benzene rings is 9. The van der Waals surface area contributed by atoms with Crippen LogP contribution in [0.5, 0.6) is 0 Å². The van der Waals surface area contributed by atoms with Crippen LogP contribution in [-0.4, -0.2) is 0 Å². The SMILES string of the molecule is c1ccc(-c2ccc(N(c3ccc(-c4ccccc4)cc3)c3ccc4c(c3)-c3ccccc3C43c4ccccc4-c4cc5c(cc43)oc3ccccc35)cc2)cc1. The van der Waals surface area contributed by atoms with Crippen LogP contribution in [0.3, 0.4) is 0 Å². The minimum atomic E-state index is -0.483. The number of furan rings is 1. The van der Waals surface area contributed by atoms with Gasteiger partial charge >= 0.3 is 0 Å². The molecule has 2 aliphatic carbocycles. The lowest BCUT2D eigenvalue weighted by Gasteiger charge is -2.31. The van der Waals surface area contributed by atoms with Gasteiger partial charge in [-0.25, -0.2) is 0 Å². The van der Waals surface area contributed by atoms with Gasteiger partial charge in [0.25, 0.3) is 0 Å². The molecule has 0 N–H and O–H groups in total. The Balaban J connectivity index is 1.06. The normalized spacial score (nSPS) is 14.7. The van der Waals surface area contributed by atoms with E-state index in [1.165, 1.54) is 66.8 Å². The summed E-state index contributed by atoms with van der Waals surface area (Å²) in [5, 5.41) is 2.31. The van der Waals surface area contributed by atoms with E-state index < -0.39 is 5.41 Å². The van der Waals surface area contributed by atoms with Gasteiger partial charge in [-0.3, -0.25) is 0 Å². The number of para-hydroxylation sites is 1. The number of nitrogens with zero attached hydrogens (tertiary/aromatic N) is 1. The van der Waals surface area contributed by atoms with Crippen LogP contribution in [0.2, 0.25) is 0 Å². The highest BCUT2D eigenvalue weighted by Crippen LogP contribution is 2.64. The lowest BCUT2D eigenvalue weighted by Crippen LogP contribution is -2.25. The maximum Gasteiger partial charge on any atom is 0.135 e. The van der Waals surface area contributed by atoms with Crippen molar-refractivity contribution in [3.8, 4) is 44.5 Å². The molecule has 57 heavy (non-hydrogen) atoms. The molecule has 0 saturated heterocycles. The van der Waals surface area contributed by atoms with E-state index in [9.17, 15) is 0 Å². The molecule has 2 aliphatic rings. The molecule has 1 unspecified atom stereocenters. The van der Waals surface area contributed by atoms with Gasteiger partial charge in [0.2, 0.25) is 0 Å². The van der Waals surface area contributed by atoms with E-state index in [-0.39, 0.29) is 0 Å². The molecule has 2 nitrogen and oxygen atoms in total.